The van der Waals surface area contributed by atoms with E-state index in [2.05, 4.69) is 23.0 Å². The smallest absolute Gasteiger partial charge is 0.272 e. The SMILES string of the molecule is CCCc1cc(C(=O)N2CCC3(CCCN(Cc4cccc(OC)c4OC)C3)C2)n(C)n1. The van der Waals surface area contributed by atoms with Crippen LogP contribution in [0, 0.1) is 5.41 Å². The molecule has 2 aliphatic heterocycles. The Morgan fingerprint density at radius 1 is 1.16 bits per heavy atom. The fourth-order valence-electron chi connectivity index (χ4n) is 5.47. The number of para-hydroxylation sites is 1. The van der Waals surface area contributed by atoms with Gasteiger partial charge in [0.2, 0.25) is 0 Å². The number of benzene rings is 1. The molecule has 2 fully saturated rings. The van der Waals surface area contributed by atoms with Gasteiger partial charge in [0.05, 0.1) is 19.9 Å². The van der Waals surface area contributed by atoms with Crippen molar-refractivity contribution in [2.45, 2.75) is 45.6 Å². The predicted molar refractivity (Wildman–Crippen MR) is 124 cm³/mol. The van der Waals surface area contributed by atoms with Crippen molar-refractivity contribution in [3.05, 3.63) is 41.2 Å². The summed E-state index contributed by atoms with van der Waals surface area (Å²) in [5.41, 5.74) is 3.03. The van der Waals surface area contributed by atoms with E-state index in [1.807, 2.05) is 30.1 Å². The predicted octanol–water partition coefficient (Wildman–Crippen LogP) is 3.52. The first-order chi connectivity index (χ1) is 15.5. The minimum atomic E-state index is 0.116. The Kier molecular flexibility index (Phi) is 6.74. The molecule has 1 aromatic carbocycles. The summed E-state index contributed by atoms with van der Waals surface area (Å²) in [4.78, 5) is 17.8. The van der Waals surface area contributed by atoms with Crippen LogP contribution < -0.4 is 9.47 Å². The van der Waals surface area contributed by atoms with E-state index in [0.717, 1.165) is 81.2 Å². The maximum absolute atomic E-state index is 13.3. The van der Waals surface area contributed by atoms with Gasteiger partial charge in [0.1, 0.15) is 5.69 Å². The van der Waals surface area contributed by atoms with E-state index in [4.69, 9.17) is 9.47 Å². The second-order valence-electron chi connectivity index (χ2n) is 9.34. The van der Waals surface area contributed by atoms with Gasteiger partial charge < -0.3 is 14.4 Å². The third-order valence-electron chi connectivity index (χ3n) is 7.00. The molecule has 7 heteroatoms. The Hall–Kier alpha value is -2.54. The lowest BCUT2D eigenvalue weighted by Gasteiger charge is -2.40. The maximum Gasteiger partial charge on any atom is 0.272 e. The fourth-order valence-corrected chi connectivity index (χ4v) is 5.47. The van der Waals surface area contributed by atoms with E-state index in [1.165, 1.54) is 6.42 Å². The standard InChI is InChI=1S/C25H36N4O3/c1-5-8-20-15-21(27(2)26-20)24(30)29-14-12-25(18-29)11-7-13-28(17-25)16-19-9-6-10-22(31-3)23(19)32-4/h6,9-10,15H,5,7-8,11-14,16-18H2,1-4H3. The molecule has 0 aliphatic carbocycles. The molecule has 1 unspecified atom stereocenters. The summed E-state index contributed by atoms with van der Waals surface area (Å²) in [7, 11) is 5.25. The maximum atomic E-state index is 13.3. The number of piperidine rings is 1. The van der Waals surface area contributed by atoms with Crippen LogP contribution in [0.1, 0.15) is 54.4 Å². The molecular formula is C25H36N4O3. The van der Waals surface area contributed by atoms with Crippen LogP contribution >= 0.6 is 0 Å². The lowest BCUT2D eigenvalue weighted by Crippen LogP contribution is -2.45. The first-order valence-electron chi connectivity index (χ1n) is 11.7. The second kappa shape index (κ2) is 9.53. The van der Waals surface area contributed by atoms with Crippen LogP contribution in [0.4, 0.5) is 0 Å². The van der Waals surface area contributed by atoms with E-state index < -0.39 is 0 Å². The largest absolute Gasteiger partial charge is 0.493 e. The number of aryl methyl sites for hydroxylation is 2. The third-order valence-corrected chi connectivity index (χ3v) is 7.00. The van der Waals surface area contributed by atoms with Crippen molar-refractivity contribution in [3.63, 3.8) is 0 Å². The van der Waals surface area contributed by atoms with Crippen LogP contribution in [0.3, 0.4) is 0 Å². The van der Waals surface area contributed by atoms with Gasteiger partial charge in [-0.25, -0.2) is 0 Å². The molecule has 2 aromatic rings. The van der Waals surface area contributed by atoms with Crippen LogP contribution in [0.5, 0.6) is 11.5 Å². The monoisotopic (exact) mass is 440 g/mol. The molecule has 4 rings (SSSR count). The normalized spacial score (nSPS) is 21.3. The topological polar surface area (TPSA) is 59.8 Å². The van der Waals surface area contributed by atoms with Crippen LogP contribution in [0.25, 0.3) is 0 Å². The number of carbonyl (C=O) groups is 1. The lowest BCUT2D eigenvalue weighted by molar-refractivity contribution is 0.0665. The minimum Gasteiger partial charge on any atom is -0.493 e. The average Bonchev–Trinajstić information content (AvgIpc) is 3.36. The number of hydrogen-bond donors (Lipinski definition) is 0. The molecule has 1 atom stereocenters. The molecule has 1 amide bonds. The van der Waals surface area contributed by atoms with E-state index in [9.17, 15) is 4.79 Å². The molecular weight excluding hydrogens is 404 g/mol. The molecule has 0 saturated carbocycles. The van der Waals surface area contributed by atoms with Gasteiger partial charge in [0.25, 0.3) is 5.91 Å². The van der Waals surface area contributed by atoms with Crippen molar-refractivity contribution >= 4 is 5.91 Å². The van der Waals surface area contributed by atoms with Gasteiger partial charge in [0, 0.05) is 44.2 Å². The summed E-state index contributed by atoms with van der Waals surface area (Å²) in [6.07, 6.45) is 5.33. The van der Waals surface area contributed by atoms with Gasteiger partial charge in [-0.15, -0.1) is 0 Å². The number of amides is 1. The zero-order chi connectivity index (χ0) is 22.7. The first kappa shape index (κ1) is 22.6. The molecule has 1 aromatic heterocycles. The first-order valence-corrected chi connectivity index (χ1v) is 11.7. The Morgan fingerprint density at radius 2 is 2.00 bits per heavy atom. The molecule has 1 spiro atoms. The van der Waals surface area contributed by atoms with E-state index in [-0.39, 0.29) is 11.3 Å². The van der Waals surface area contributed by atoms with Gasteiger partial charge in [-0.1, -0.05) is 25.5 Å². The fraction of sp³-hybridized carbons (Fsp3) is 0.600. The molecule has 0 radical (unpaired) electrons. The second-order valence-corrected chi connectivity index (χ2v) is 9.34. The van der Waals surface area contributed by atoms with E-state index in [1.54, 1.807) is 18.9 Å². The number of hydrogen-bond acceptors (Lipinski definition) is 5. The number of rotatable bonds is 7. The Bertz CT molecular complexity index is 957. The number of methoxy groups -OCH3 is 2. The molecule has 2 aliphatic rings. The zero-order valence-corrected chi connectivity index (χ0v) is 19.9. The van der Waals surface area contributed by atoms with Gasteiger partial charge in [-0.3, -0.25) is 14.4 Å². The quantitative estimate of drug-likeness (QED) is 0.659. The highest BCUT2D eigenvalue weighted by molar-refractivity contribution is 5.93. The summed E-state index contributed by atoms with van der Waals surface area (Å²) in [5.74, 6) is 1.70. The van der Waals surface area contributed by atoms with Crippen LogP contribution in [-0.2, 0) is 20.0 Å². The molecule has 0 N–H and O–H groups in total. The molecule has 32 heavy (non-hydrogen) atoms. The molecule has 7 nitrogen and oxygen atoms in total. The van der Waals surface area contributed by atoms with Gasteiger partial charge in [-0.2, -0.15) is 5.10 Å². The summed E-state index contributed by atoms with van der Waals surface area (Å²) in [5, 5.41) is 4.53. The van der Waals surface area contributed by atoms with Crippen molar-refractivity contribution in [2.24, 2.45) is 12.5 Å². The molecule has 2 saturated heterocycles. The van der Waals surface area contributed by atoms with Crippen LogP contribution in [-0.4, -0.2) is 65.9 Å². The Balaban J connectivity index is 1.44. The average molecular weight is 441 g/mol. The van der Waals surface area contributed by atoms with E-state index >= 15 is 0 Å². The van der Waals surface area contributed by atoms with Crippen molar-refractivity contribution in [3.8, 4) is 11.5 Å². The summed E-state index contributed by atoms with van der Waals surface area (Å²) in [6, 6.07) is 8.04. The van der Waals surface area contributed by atoms with Crippen molar-refractivity contribution < 1.29 is 14.3 Å². The zero-order valence-electron chi connectivity index (χ0n) is 19.9. The minimum absolute atomic E-state index is 0.116. The molecule has 0 bridgehead atoms. The highest BCUT2D eigenvalue weighted by atomic mass is 16.5. The van der Waals surface area contributed by atoms with E-state index in [0.29, 0.717) is 5.69 Å². The number of likely N-dealkylation sites (tertiary alicyclic amines) is 2. The van der Waals surface area contributed by atoms with Crippen LogP contribution in [0.15, 0.2) is 24.3 Å². The van der Waals surface area contributed by atoms with Gasteiger partial charge >= 0.3 is 0 Å². The van der Waals surface area contributed by atoms with Crippen molar-refractivity contribution in [2.75, 3.05) is 40.4 Å². The highest BCUT2D eigenvalue weighted by Gasteiger charge is 2.43. The highest BCUT2D eigenvalue weighted by Crippen LogP contribution is 2.41. The van der Waals surface area contributed by atoms with Crippen molar-refractivity contribution in [1.29, 1.82) is 0 Å². The van der Waals surface area contributed by atoms with Crippen molar-refractivity contribution in [1.82, 2.24) is 19.6 Å². The molecule has 174 valence electrons. The van der Waals surface area contributed by atoms with Gasteiger partial charge in [0.15, 0.2) is 11.5 Å². The summed E-state index contributed by atoms with van der Waals surface area (Å²) in [6.45, 7) is 6.69. The number of nitrogens with zero attached hydrogens (tertiary/aromatic N) is 4. The number of ether oxygens (including phenoxy) is 2. The van der Waals surface area contributed by atoms with Gasteiger partial charge in [-0.05, 0) is 44.4 Å². The number of carbonyl (C=O) groups excluding carboxylic acids is 1. The Morgan fingerprint density at radius 3 is 2.75 bits per heavy atom. The number of aromatic nitrogens is 2. The summed E-state index contributed by atoms with van der Waals surface area (Å²) < 4.78 is 12.9. The third kappa shape index (κ3) is 4.49. The Labute approximate surface area is 191 Å². The molecule has 3 heterocycles. The van der Waals surface area contributed by atoms with Crippen LogP contribution in [0.2, 0.25) is 0 Å². The lowest BCUT2D eigenvalue weighted by atomic mass is 9.79. The summed E-state index contributed by atoms with van der Waals surface area (Å²) >= 11 is 0.